The molecule has 1 atom stereocenters. The zero-order chi connectivity index (χ0) is 16.4. The van der Waals surface area contributed by atoms with Gasteiger partial charge in [-0.3, -0.25) is 4.79 Å². The molecule has 1 rings (SSSR count). The van der Waals surface area contributed by atoms with Crippen molar-refractivity contribution in [2.24, 2.45) is 5.73 Å². The number of aliphatic hydroxyl groups is 1. The Kier molecular flexibility index (Phi) is 8.27. The maximum atomic E-state index is 10.7. The molecule has 0 saturated heterocycles. The Labute approximate surface area is 130 Å². The molecule has 7 nitrogen and oxygen atoms in total. The van der Waals surface area contributed by atoms with Crippen molar-refractivity contribution in [1.29, 1.82) is 0 Å². The fourth-order valence-electron chi connectivity index (χ4n) is 1.81. The van der Waals surface area contributed by atoms with E-state index in [0.29, 0.717) is 24.6 Å². The summed E-state index contributed by atoms with van der Waals surface area (Å²) >= 11 is 0. The first-order valence-corrected chi connectivity index (χ1v) is 7.20. The van der Waals surface area contributed by atoms with Crippen LogP contribution in [-0.4, -0.2) is 50.5 Å². The van der Waals surface area contributed by atoms with Gasteiger partial charge < -0.3 is 30.9 Å². The molecule has 0 unspecified atom stereocenters. The van der Waals surface area contributed by atoms with Gasteiger partial charge in [0.25, 0.3) is 5.91 Å². The quantitative estimate of drug-likeness (QED) is 0.415. The lowest BCUT2D eigenvalue weighted by atomic mass is 10.2. The highest BCUT2D eigenvalue weighted by Crippen LogP contribution is 2.27. The number of rotatable bonds is 11. The summed E-state index contributed by atoms with van der Waals surface area (Å²) in [6.07, 6.45) is -0.336. The molecule has 0 radical (unpaired) electrons. The molecule has 124 valence electrons. The summed E-state index contributed by atoms with van der Waals surface area (Å²) in [6.45, 7) is 4.40. The van der Waals surface area contributed by atoms with Gasteiger partial charge in [0.05, 0.1) is 13.2 Å². The lowest BCUT2D eigenvalue weighted by Gasteiger charge is -2.12. The average molecular weight is 311 g/mol. The van der Waals surface area contributed by atoms with Gasteiger partial charge in [0.2, 0.25) is 0 Å². The zero-order valence-electron chi connectivity index (χ0n) is 13.1. The molecule has 7 heteroatoms. The van der Waals surface area contributed by atoms with Crippen molar-refractivity contribution in [1.82, 2.24) is 10.6 Å². The number of methoxy groups -OCH3 is 1. The number of aliphatic hydroxyl groups excluding tert-OH is 1. The maximum Gasteiger partial charge on any atom is 0.255 e. The maximum absolute atomic E-state index is 10.7. The Bertz CT molecular complexity index is 466. The van der Waals surface area contributed by atoms with Crippen LogP contribution in [-0.2, 0) is 11.3 Å². The van der Waals surface area contributed by atoms with E-state index in [1.165, 1.54) is 0 Å². The van der Waals surface area contributed by atoms with E-state index in [2.05, 4.69) is 10.6 Å². The fourth-order valence-corrected chi connectivity index (χ4v) is 1.81. The van der Waals surface area contributed by atoms with Crippen LogP contribution in [0.4, 0.5) is 0 Å². The van der Waals surface area contributed by atoms with Crippen LogP contribution in [0.2, 0.25) is 0 Å². The molecule has 0 aliphatic heterocycles. The van der Waals surface area contributed by atoms with E-state index in [4.69, 9.17) is 20.3 Å². The van der Waals surface area contributed by atoms with Crippen LogP contribution < -0.4 is 25.8 Å². The number of ether oxygens (including phenoxy) is 2. The second-order valence-corrected chi connectivity index (χ2v) is 4.97. The predicted octanol–water partition coefficient (Wildman–Crippen LogP) is -0.381. The lowest BCUT2D eigenvalue weighted by Crippen LogP contribution is -2.31. The van der Waals surface area contributed by atoms with E-state index in [-0.39, 0.29) is 12.7 Å². The Balaban J connectivity index is 2.39. The number of hydrogen-bond acceptors (Lipinski definition) is 6. The number of nitrogens with two attached hydrogens (primary N) is 1. The Morgan fingerprint density at radius 3 is 2.68 bits per heavy atom. The van der Waals surface area contributed by atoms with Crippen molar-refractivity contribution < 1.29 is 19.4 Å². The van der Waals surface area contributed by atoms with Crippen LogP contribution in [0.5, 0.6) is 11.5 Å². The smallest absolute Gasteiger partial charge is 0.255 e. The van der Waals surface area contributed by atoms with Crippen molar-refractivity contribution in [3.63, 3.8) is 0 Å². The monoisotopic (exact) mass is 311 g/mol. The summed E-state index contributed by atoms with van der Waals surface area (Å²) in [5, 5.41) is 15.5. The minimum absolute atomic E-state index is 0.178. The Hall–Kier alpha value is -1.83. The highest BCUT2D eigenvalue weighted by molar-refractivity contribution is 5.75. The van der Waals surface area contributed by atoms with E-state index in [0.717, 1.165) is 18.7 Å². The van der Waals surface area contributed by atoms with Crippen LogP contribution in [0, 0.1) is 0 Å². The summed E-state index contributed by atoms with van der Waals surface area (Å²) in [5.41, 5.74) is 6.09. The minimum Gasteiger partial charge on any atom is -0.493 e. The normalized spacial score (nSPS) is 12.0. The molecule has 1 aromatic carbocycles. The average Bonchev–Trinajstić information content (AvgIpc) is 2.48. The van der Waals surface area contributed by atoms with Crippen LogP contribution in [0.25, 0.3) is 0 Å². The van der Waals surface area contributed by atoms with Crippen LogP contribution in [0.3, 0.4) is 0 Å². The van der Waals surface area contributed by atoms with Crippen molar-refractivity contribution in [3.05, 3.63) is 23.8 Å². The first kappa shape index (κ1) is 18.2. The number of hydrogen-bond donors (Lipinski definition) is 4. The highest BCUT2D eigenvalue weighted by atomic mass is 16.5. The third-order valence-corrected chi connectivity index (χ3v) is 2.85. The number of carbonyl (C=O) groups excluding carboxylic acids is 1. The number of primary amides is 1. The summed E-state index contributed by atoms with van der Waals surface area (Å²) in [4.78, 5) is 10.7. The number of nitrogens with one attached hydrogen (secondary N) is 2. The van der Waals surface area contributed by atoms with Crippen LogP contribution in [0.15, 0.2) is 18.2 Å². The third-order valence-electron chi connectivity index (χ3n) is 2.85. The zero-order valence-corrected chi connectivity index (χ0v) is 13.1. The Morgan fingerprint density at radius 1 is 1.32 bits per heavy atom. The first-order chi connectivity index (χ1) is 10.5. The van der Waals surface area contributed by atoms with Crippen molar-refractivity contribution in [2.75, 3.05) is 33.4 Å². The standard InChI is InChI=1S/C15H25N3O4/c1-11(19)8-17-5-6-18-9-12-3-4-13(14(7-12)21-2)22-10-15(16)20/h3-4,7,11,17-19H,5-6,8-10H2,1-2H3,(H2,16,20)/t11-/m0/s1. The van der Waals surface area contributed by atoms with Gasteiger partial charge in [0.1, 0.15) is 0 Å². The molecule has 0 bridgehead atoms. The SMILES string of the molecule is COc1cc(CNCCNC[C@H](C)O)ccc1OCC(N)=O. The first-order valence-electron chi connectivity index (χ1n) is 7.20. The Morgan fingerprint density at radius 2 is 2.05 bits per heavy atom. The van der Waals surface area contributed by atoms with E-state index in [1.54, 1.807) is 20.1 Å². The number of amides is 1. The van der Waals surface area contributed by atoms with Crippen LogP contribution >= 0.6 is 0 Å². The summed E-state index contributed by atoms with van der Waals surface area (Å²) in [6, 6.07) is 5.51. The second kappa shape index (κ2) is 9.99. The molecule has 0 heterocycles. The third kappa shape index (κ3) is 7.26. The van der Waals surface area contributed by atoms with Gasteiger partial charge in [-0.25, -0.2) is 0 Å². The largest absolute Gasteiger partial charge is 0.493 e. The van der Waals surface area contributed by atoms with Gasteiger partial charge >= 0.3 is 0 Å². The van der Waals surface area contributed by atoms with Crippen molar-refractivity contribution in [2.45, 2.75) is 19.6 Å². The van der Waals surface area contributed by atoms with Gasteiger partial charge in [-0.2, -0.15) is 0 Å². The molecule has 0 spiro atoms. The molecule has 0 aliphatic carbocycles. The molecule has 1 aromatic rings. The molecule has 0 aromatic heterocycles. The summed E-state index contributed by atoms with van der Waals surface area (Å²) in [7, 11) is 1.55. The summed E-state index contributed by atoms with van der Waals surface area (Å²) < 4.78 is 10.5. The van der Waals surface area contributed by atoms with Gasteiger partial charge in [0.15, 0.2) is 18.1 Å². The van der Waals surface area contributed by atoms with Gasteiger partial charge in [-0.1, -0.05) is 6.07 Å². The molecule has 0 fully saturated rings. The van der Waals surface area contributed by atoms with E-state index >= 15 is 0 Å². The van der Waals surface area contributed by atoms with Crippen LogP contribution in [0.1, 0.15) is 12.5 Å². The molecule has 0 aliphatic rings. The van der Waals surface area contributed by atoms with Gasteiger partial charge in [-0.05, 0) is 24.6 Å². The molecule has 1 amide bonds. The van der Waals surface area contributed by atoms with Crippen molar-refractivity contribution >= 4 is 5.91 Å². The van der Waals surface area contributed by atoms with Crippen molar-refractivity contribution in [3.8, 4) is 11.5 Å². The summed E-state index contributed by atoms with van der Waals surface area (Å²) in [5.74, 6) is 0.522. The molecular weight excluding hydrogens is 286 g/mol. The lowest BCUT2D eigenvalue weighted by molar-refractivity contribution is -0.119. The van der Waals surface area contributed by atoms with E-state index in [1.807, 2.05) is 12.1 Å². The van der Waals surface area contributed by atoms with Gasteiger partial charge in [-0.15, -0.1) is 0 Å². The number of carbonyl (C=O) groups is 1. The van der Waals surface area contributed by atoms with Gasteiger partial charge in [0, 0.05) is 26.2 Å². The molecule has 0 saturated carbocycles. The highest BCUT2D eigenvalue weighted by Gasteiger charge is 2.07. The number of benzene rings is 1. The minimum atomic E-state index is -0.530. The predicted molar refractivity (Wildman–Crippen MR) is 83.9 cm³/mol. The van der Waals surface area contributed by atoms with E-state index < -0.39 is 5.91 Å². The molecule has 5 N–H and O–H groups in total. The fraction of sp³-hybridized carbons (Fsp3) is 0.533. The second-order valence-electron chi connectivity index (χ2n) is 4.97. The topological polar surface area (TPSA) is 106 Å². The molecular formula is C15H25N3O4. The molecule has 22 heavy (non-hydrogen) atoms. The van der Waals surface area contributed by atoms with E-state index in [9.17, 15) is 4.79 Å².